The van der Waals surface area contributed by atoms with Gasteiger partial charge in [-0.2, -0.15) is 0 Å². The number of amides is 1. The molecule has 4 heterocycles. The smallest absolute Gasteiger partial charge is 0.276 e. The fourth-order valence-corrected chi connectivity index (χ4v) is 3.60. The van der Waals surface area contributed by atoms with E-state index in [1.807, 2.05) is 11.9 Å². The molecule has 0 radical (unpaired) electrons. The van der Waals surface area contributed by atoms with Crippen LogP contribution in [-0.4, -0.2) is 41.1 Å². The minimum Gasteiger partial charge on any atom is -0.461 e. The SMILES string of the molecule is CN(C(=O)c1cc(-c2ccco2)on1)C1CC2CCC(C1)N2.Cl. The molecule has 2 aromatic rings. The molecule has 2 aliphatic heterocycles. The van der Waals surface area contributed by atoms with Crippen molar-refractivity contribution >= 4 is 18.3 Å². The van der Waals surface area contributed by atoms with Gasteiger partial charge >= 0.3 is 0 Å². The summed E-state index contributed by atoms with van der Waals surface area (Å²) >= 11 is 0. The Morgan fingerprint density at radius 3 is 2.70 bits per heavy atom. The van der Waals surface area contributed by atoms with Crippen molar-refractivity contribution in [2.75, 3.05) is 7.05 Å². The first-order valence-corrected chi connectivity index (χ1v) is 7.74. The van der Waals surface area contributed by atoms with Gasteiger partial charge in [0, 0.05) is 31.2 Å². The van der Waals surface area contributed by atoms with E-state index in [9.17, 15) is 4.79 Å². The third-order valence-corrected chi connectivity index (χ3v) is 4.81. The first kappa shape index (κ1) is 16.1. The van der Waals surface area contributed by atoms with Crippen LogP contribution in [0, 0.1) is 0 Å². The molecule has 2 atom stereocenters. The average Bonchev–Trinajstić information content (AvgIpc) is 3.25. The Labute approximate surface area is 140 Å². The molecule has 1 amide bonds. The van der Waals surface area contributed by atoms with Gasteiger partial charge in [-0.05, 0) is 37.8 Å². The lowest BCUT2D eigenvalue weighted by Crippen LogP contribution is -2.48. The number of piperidine rings is 1. The zero-order valence-electron chi connectivity index (χ0n) is 12.9. The molecular weight excluding hydrogens is 318 g/mol. The molecule has 7 heteroatoms. The van der Waals surface area contributed by atoms with Crippen LogP contribution in [0.3, 0.4) is 0 Å². The van der Waals surface area contributed by atoms with Crippen LogP contribution in [0.5, 0.6) is 0 Å². The van der Waals surface area contributed by atoms with Crippen LogP contribution in [0.2, 0.25) is 0 Å². The van der Waals surface area contributed by atoms with Crippen molar-refractivity contribution in [1.82, 2.24) is 15.4 Å². The first-order valence-electron chi connectivity index (χ1n) is 7.74. The van der Waals surface area contributed by atoms with E-state index < -0.39 is 0 Å². The van der Waals surface area contributed by atoms with Gasteiger partial charge in [-0.3, -0.25) is 4.79 Å². The van der Waals surface area contributed by atoms with Crippen LogP contribution in [-0.2, 0) is 0 Å². The number of fused-ring (bicyclic) bond motifs is 2. The number of aromatic nitrogens is 1. The first-order chi connectivity index (χ1) is 10.7. The fraction of sp³-hybridized carbons (Fsp3) is 0.500. The largest absolute Gasteiger partial charge is 0.461 e. The topological polar surface area (TPSA) is 71.5 Å². The number of halogens is 1. The van der Waals surface area contributed by atoms with E-state index >= 15 is 0 Å². The maximum Gasteiger partial charge on any atom is 0.276 e. The monoisotopic (exact) mass is 337 g/mol. The van der Waals surface area contributed by atoms with E-state index in [2.05, 4.69) is 10.5 Å². The van der Waals surface area contributed by atoms with E-state index in [0.717, 1.165) is 12.8 Å². The molecule has 2 fully saturated rings. The Morgan fingerprint density at radius 2 is 2.04 bits per heavy atom. The number of furan rings is 1. The molecule has 0 spiro atoms. The molecule has 2 saturated heterocycles. The lowest BCUT2D eigenvalue weighted by molar-refractivity contribution is 0.0671. The molecule has 2 aromatic heterocycles. The van der Waals surface area contributed by atoms with Crippen molar-refractivity contribution in [2.24, 2.45) is 0 Å². The van der Waals surface area contributed by atoms with E-state index in [-0.39, 0.29) is 24.4 Å². The lowest BCUT2D eigenvalue weighted by Gasteiger charge is -2.35. The summed E-state index contributed by atoms with van der Waals surface area (Å²) in [6, 6.07) is 6.58. The Bertz CT molecular complexity index is 658. The molecule has 4 rings (SSSR count). The van der Waals surface area contributed by atoms with Crippen LogP contribution in [0.15, 0.2) is 33.4 Å². The summed E-state index contributed by atoms with van der Waals surface area (Å²) in [5.41, 5.74) is 0.333. The Balaban J connectivity index is 0.00000156. The van der Waals surface area contributed by atoms with Crippen molar-refractivity contribution in [2.45, 2.75) is 43.8 Å². The second kappa shape index (κ2) is 6.37. The Morgan fingerprint density at radius 1 is 1.30 bits per heavy atom. The molecule has 2 unspecified atom stereocenters. The summed E-state index contributed by atoms with van der Waals surface area (Å²) in [6.07, 6.45) is 6.03. The Hall–Kier alpha value is -1.79. The fourth-order valence-electron chi connectivity index (χ4n) is 3.60. The summed E-state index contributed by atoms with van der Waals surface area (Å²) in [5.74, 6) is 0.967. The highest BCUT2D eigenvalue weighted by Gasteiger charge is 2.37. The summed E-state index contributed by atoms with van der Waals surface area (Å²) in [6.45, 7) is 0. The molecule has 6 nitrogen and oxygen atoms in total. The second-order valence-corrected chi connectivity index (χ2v) is 6.23. The zero-order valence-corrected chi connectivity index (χ0v) is 13.7. The number of rotatable bonds is 3. The van der Waals surface area contributed by atoms with E-state index in [1.54, 1.807) is 24.5 Å². The van der Waals surface area contributed by atoms with E-state index in [0.29, 0.717) is 29.3 Å². The molecule has 23 heavy (non-hydrogen) atoms. The number of nitrogens with zero attached hydrogens (tertiary/aromatic N) is 2. The molecule has 2 aliphatic rings. The molecule has 1 N–H and O–H groups in total. The number of hydrogen-bond donors (Lipinski definition) is 1. The molecule has 0 aliphatic carbocycles. The van der Waals surface area contributed by atoms with Gasteiger partial charge in [0.25, 0.3) is 5.91 Å². The van der Waals surface area contributed by atoms with Crippen molar-refractivity contribution < 1.29 is 13.7 Å². The van der Waals surface area contributed by atoms with Crippen LogP contribution in [0.25, 0.3) is 11.5 Å². The third-order valence-electron chi connectivity index (χ3n) is 4.81. The summed E-state index contributed by atoms with van der Waals surface area (Å²) in [4.78, 5) is 14.4. The van der Waals surface area contributed by atoms with Gasteiger partial charge in [0.1, 0.15) is 0 Å². The normalized spacial score (nSPS) is 25.9. The molecule has 0 saturated carbocycles. The molecule has 2 bridgehead atoms. The lowest BCUT2D eigenvalue weighted by atomic mass is 9.98. The summed E-state index contributed by atoms with van der Waals surface area (Å²) < 4.78 is 10.5. The van der Waals surface area contributed by atoms with Crippen molar-refractivity contribution in [3.8, 4) is 11.5 Å². The average molecular weight is 338 g/mol. The van der Waals surface area contributed by atoms with Gasteiger partial charge in [-0.25, -0.2) is 0 Å². The van der Waals surface area contributed by atoms with E-state index in [1.165, 1.54) is 12.8 Å². The second-order valence-electron chi connectivity index (χ2n) is 6.23. The highest BCUT2D eigenvalue weighted by Crippen LogP contribution is 2.30. The van der Waals surface area contributed by atoms with Crippen LogP contribution >= 0.6 is 12.4 Å². The van der Waals surface area contributed by atoms with Crippen LogP contribution in [0.1, 0.15) is 36.2 Å². The number of carbonyl (C=O) groups is 1. The van der Waals surface area contributed by atoms with Gasteiger partial charge in [-0.15, -0.1) is 12.4 Å². The molecular formula is C16H20ClN3O3. The predicted octanol–water partition coefficient (Wildman–Crippen LogP) is 2.71. The van der Waals surface area contributed by atoms with Crippen molar-refractivity contribution in [3.05, 3.63) is 30.2 Å². The number of hydrogen-bond acceptors (Lipinski definition) is 5. The molecule has 124 valence electrons. The number of carbonyl (C=O) groups excluding carboxylic acids is 1. The zero-order chi connectivity index (χ0) is 15.1. The van der Waals surface area contributed by atoms with Gasteiger partial charge in [-0.1, -0.05) is 5.16 Å². The maximum absolute atomic E-state index is 12.6. The van der Waals surface area contributed by atoms with E-state index in [4.69, 9.17) is 8.94 Å². The quantitative estimate of drug-likeness (QED) is 0.932. The minimum absolute atomic E-state index is 0. The van der Waals surface area contributed by atoms with Crippen molar-refractivity contribution in [3.63, 3.8) is 0 Å². The van der Waals surface area contributed by atoms with Gasteiger partial charge < -0.3 is 19.2 Å². The molecule has 0 aromatic carbocycles. The standard InChI is InChI=1S/C16H19N3O3.ClH/c1-19(12-7-10-4-5-11(8-12)17-10)16(20)13-9-15(22-18-13)14-3-2-6-21-14;/h2-3,6,9-12,17H,4-5,7-8H2,1H3;1H. The van der Waals surface area contributed by atoms with Gasteiger partial charge in [0.15, 0.2) is 11.5 Å². The van der Waals surface area contributed by atoms with Gasteiger partial charge in [0.05, 0.1) is 6.26 Å². The number of nitrogens with one attached hydrogen (secondary N) is 1. The summed E-state index contributed by atoms with van der Waals surface area (Å²) in [5, 5.41) is 7.49. The van der Waals surface area contributed by atoms with Crippen molar-refractivity contribution in [1.29, 1.82) is 0 Å². The summed E-state index contributed by atoms with van der Waals surface area (Å²) in [7, 11) is 1.86. The predicted molar refractivity (Wildman–Crippen MR) is 86.5 cm³/mol. The third kappa shape index (κ3) is 3.01. The highest BCUT2D eigenvalue weighted by atomic mass is 35.5. The van der Waals surface area contributed by atoms with Crippen LogP contribution < -0.4 is 5.32 Å². The van der Waals surface area contributed by atoms with Crippen LogP contribution in [0.4, 0.5) is 0 Å². The van der Waals surface area contributed by atoms with Gasteiger partial charge in [0.2, 0.25) is 5.76 Å². The minimum atomic E-state index is -0.0899. The Kier molecular flexibility index (Phi) is 4.46. The highest BCUT2D eigenvalue weighted by molar-refractivity contribution is 5.93. The maximum atomic E-state index is 12.6.